The number of benzene rings is 2. The average molecular weight is 515 g/mol. The summed E-state index contributed by atoms with van der Waals surface area (Å²) < 4.78 is 7.83. The number of carbonyl (C=O) groups excluding carboxylic acids is 1. The fraction of sp³-hybridized carbons (Fsp3) is 0.500. The standard InChI is InChI=1S/C32H42N4O2/c37-31(12-6-2-5-11-26-9-3-1-4-10-26)33-23-27-18-20-35(21-19-27)30-16-14-28(15-17-30)29-24-34-36(25-29)32-13-7-8-22-38-32/h1,3-4,9-10,14-17,24-25,27,32H,2,5-8,11-13,18-23H2,(H,33,37). The SMILES string of the molecule is O=C(CCCCCc1ccccc1)NCC1CCN(c2ccc(-c3cnn(C4CCCCO4)c3)cc2)CC1. The van der Waals surface area contributed by atoms with Crippen molar-refractivity contribution < 1.29 is 9.53 Å². The number of unbranched alkanes of at least 4 members (excludes halogenated alkanes) is 2. The van der Waals surface area contributed by atoms with Crippen molar-refractivity contribution in [1.29, 1.82) is 0 Å². The lowest BCUT2D eigenvalue weighted by atomic mass is 9.96. The van der Waals surface area contributed by atoms with E-state index in [0.717, 1.165) is 83.2 Å². The minimum Gasteiger partial charge on any atom is -0.372 e. The van der Waals surface area contributed by atoms with E-state index >= 15 is 0 Å². The quantitative estimate of drug-likeness (QED) is 0.302. The van der Waals surface area contributed by atoms with E-state index in [1.165, 1.54) is 23.2 Å². The van der Waals surface area contributed by atoms with Gasteiger partial charge in [0.05, 0.1) is 6.20 Å². The fourth-order valence-corrected chi connectivity index (χ4v) is 5.62. The van der Waals surface area contributed by atoms with Gasteiger partial charge < -0.3 is 15.0 Å². The van der Waals surface area contributed by atoms with Crippen LogP contribution in [-0.4, -0.2) is 41.9 Å². The predicted molar refractivity (Wildman–Crippen MR) is 153 cm³/mol. The Kier molecular flexibility index (Phi) is 9.48. The highest BCUT2D eigenvalue weighted by atomic mass is 16.5. The van der Waals surface area contributed by atoms with Crippen LogP contribution in [0.2, 0.25) is 0 Å². The normalized spacial score (nSPS) is 18.4. The largest absolute Gasteiger partial charge is 0.372 e. The van der Waals surface area contributed by atoms with Crippen LogP contribution < -0.4 is 10.2 Å². The molecule has 0 bridgehead atoms. The monoisotopic (exact) mass is 514 g/mol. The van der Waals surface area contributed by atoms with Gasteiger partial charge in [0.15, 0.2) is 0 Å². The summed E-state index contributed by atoms with van der Waals surface area (Å²) in [5, 5.41) is 7.75. The Morgan fingerprint density at radius 1 is 0.921 bits per heavy atom. The molecule has 1 atom stereocenters. The van der Waals surface area contributed by atoms with Gasteiger partial charge in [-0.3, -0.25) is 4.79 Å². The zero-order chi connectivity index (χ0) is 26.0. The second kappa shape index (κ2) is 13.6. The Hall–Kier alpha value is -3.12. The van der Waals surface area contributed by atoms with E-state index in [2.05, 4.69) is 76.1 Å². The van der Waals surface area contributed by atoms with Gasteiger partial charge in [-0.2, -0.15) is 5.10 Å². The number of amides is 1. The van der Waals surface area contributed by atoms with Crippen LogP contribution in [0.25, 0.3) is 11.1 Å². The lowest BCUT2D eigenvalue weighted by Crippen LogP contribution is -2.38. The van der Waals surface area contributed by atoms with E-state index in [1.54, 1.807) is 0 Å². The number of hydrogen-bond donors (Lipinski definition) is 1. The van der Waals surface area contributed by atoms with Gasteiger partial charge in [-0.15, -0.1) is 0 Å². The molecule has 3 heterocycles. The highest BCUT2D eigenvalue weighted by Gasteiger charge is 2.20. The third-order valence-corrected chi connectivity index (χ3v) is 8.03. The molecule has 1 unspecified atom stereocenters. The van der Waals surface area contributed by atoms with Crippen molar-refractivity contribution in [2.45, 2.75) is 70.4 Å². The summed E-state index contributed by atoms with van der Waals surface area (Å²) in [5.41, 5.74) is 4.98. The second-order valence-electron chi connectivity index (χ2n) is 10.9. The first-order valence-corrected chi connectivity index (χ1v) is 14.6. The molecule has 38 heavy (non-hydrogen) atoms. The number of carbonyl (C=O) groups is 1. The first-order chi connectivity index (χ1) is 18.7. The summed E-state index contributed by atoms with van der Waals surface area (Å²) >= 11 is 0. The molecule has 2 aliphatic rings. The molecule has 0 spiro atoms. The topological polar surface area (TPSA) is 59.4 Å². The molecule has 5 rings (SSSR count). The van der Waals surface area contributed by atoms with Crippen LogP contribution in [0, 0.1) is 5.92 Å². The molecule has 2 aliphatic heterocycles. The van der Waals surface area contributed by atoms with E-state index in [-0.39, 0.29) is 12.1 Å². The molecule has 0 aliphatic carbocycles. The number of piperidine rings is 1. The summed E-state index contributed by atoms with van der Waals surface area (Å²) in [7, 11) is 0. The van der Waals surface area contributed by atoms with Crippen molar-refractivity contribution in [1.82, 2.24) is 15.1 Å². The number of aromatic nitrogens is 2. The second-order valence-corrected chi connectivity index (χ2v) is 10.9. The maximum Gasteiger partial charge on any atom is 0.220 e. The molecule has 1 aromatic heterocycles. The molecular formula is C32H42N4O2. The molecule has 6 nitrogen and oxygen atoms in total. The summed E-state index contributed by atoms with van der Waals surface area (Å²) in [6.45, 7) is 3.71. The molecule has 0 radical (unpaired) electrons. The minimum absolute atomic E-state index is 0.0766. The number of nitrogens with one attached hydrogen (secondary N) is 1. The number of ether oxygens (including phenoxy) is 1. The number of nitrogens with zero attached hydrogens (tertiary/aromatic N) is 3. The van der Waals surface area contributed by atoms with E-state index < -0.39 is 0 Å². The van der Waals surface area contributed by atoms with Crippen LogP contribution in [-0.2, 0) is 16.0 Å². The van der Waals surface area contributed by atoms with Gasteiger partial charge in [0.25, 0.3) is 0 Å². The molecule has 202 valence electrons. The van der Waals surface area contributed by atoms with Crippen molar-refractivity contribution in [3.05, 3.63) is 72.6 Å². The van der Waals surface area contributed by atoms with Crippen molar-refractivity contribution in [2.75, 3.05) is 31.1 Å². The maximum absolute atomic E-state index is 12.3. The van der Waals surface area contributed by atoms with Gasteiger partial charge in [-0.25, -0.2) is 4.68 Å². The Morgan fingerprint density at radius 2 is 1.74 bits per heavy atom. The molecule has 3 aromatic rings. The van der Waals surface area contributed by atoms with Crippen LogP contribution in [0.1, 0.15) is 69.6 Å². The van der Waals surface area contributed by atoms with Gasteiger partial charge in [0.1, 0.15) is 6.23 Å². The summed E-state index contributed by atoms with van der Waals surface area (Å²) in [4.78, 5) is 14.8. The predicted octanol–water partition coefficient (Wildman–Crippen LogP) is 6.38. The lowest BCUT2D eigenvalue weighted by molar-refractivity contribution is -0.121. The van der Waals surface area contributed by atoms with Gasteiger partial charge in [0.2, 0.25) is 5.91 Å². The van der Waals surface area contributed by atoms with Crippen molar-refractivity contribution in [2.24, 2.45) is 5.92 Å². The fourth-order valence-electron chi connectivity index (χ4n) is 5.62. The maximum atomic E-state index is 12.3. The third kappa shape index (κ3) is 7.47. The minimum atomic E-state index is 0.0766. The van der Waals surface area contributed by atoms with Crippen LogP contribution in [0.5, 0.6) is 0 Å². The van der Waals surface area contributed by atoms with Gasteiger partial charge in [-0.05, 0) is 80.5 Å². The molecule has 0 saturated carbocycles. The smallest absolute Gasteiger partial charge is 0.220 e. The number of rotatable bonds is 11. The first-order valence-electron chi connectivity index (χ1n) is 14.6. The molecule has 1 N–H and O–H groups in total. The molecule has 2 saturated heterocycles. The van der Waals surface area contributed by atoms with Gasteiger partial charge in [-0.1, -0.05) is 48.9 Å². The number of aryl methyl sites for hydroxylation is 1. The number of anilines is 1. The van der Waals surface area contributed by atoms with Crippen LogP contribution >= 0.6 is 0 Å². The number of hydrogen-bond acceptors (Lipinski definition) is 4. The van der Waals surface area contributed by atoms with Crippen molar-refractivity contribution >= 4 is 11.6 Å². The zero-order valence-electron chi connectivity index (χ0n) is 22.6. The Balaban J connectivity index is 0.985. The van der Waals surface area contributed by atoms with E-state index in [4.69, 9.17) is 4.74 Å². The summed E-state index contributed by atoms with van der Waals surface area (Å²) in [5.74, 6) is 0.779. The molecule has 1 amide bonds. The molecule has 6 heteroatoms. The average Bonchev–Trinajstić information content (AvgIpc) is 3.48. The Bertz CT molecular complexity index is 1110. The Morgan fingerprint density at radius 3 is 2.50 bits per heavy atom. The summed E-state index contributed by atoms with van der Waals surface area (Å²) in [6.07, 6.45) is 14.7. The molecular weight excluding hydrogens is 472 g/mol. The third-order valence-electron chi connectivity index (χ3n) is 8.03. The van der Waals surface area contributed by atoms with E-state index in [9.17, 15) is 4.79 Å². The molecule has 2 fully saturated rings. The summed E-state index contributed by atoms with van der Waals surface area (Å²) in [6, 6.07) is 19.4. The molecule has 2 aromatic carbocycles. The van der Waals surface area contributed by atoms with E-state index in [0.29, 0.717) is 12.3 Å². The Labute approximate surface area is 227 Å². The van der Waals surface area contributed by atoms with Crippen molar-refractivity contribution in [3.8, 4) is 11.1 Å². The zero-order valence-corrected chi connectivity index (χ0v) is 22.6. The highest BCUT2D eigenvalue weighted by Crippen LogP contribution is 2.28. The van der Waals surface area contributed by atoms with Crippen molar-refractivity contribution in [3.63, 3.8) is 0 Å². The van der Waals surface area contributed by atoms with Crippen LogP contribution in [0.15, 0.2) is 67.0 Å². The van der Waals surface area contributed by atoms with Gasteiger partial charge in [0, 0.05) is 50.1 Å². The van der Waals surface area contributed by atoms with E-state index in [1.807, 2.05) is 10.9 Å². The lowest BCUT2D eigenvalue weighted by Gasteiger charge is -2.33. The highest BCUT2D eigenvalue weighted by molar-refractivity contribution is 5.75. The van der Waals surface area contributed by atoms with Gasteiger partial charge >= 0.3 is 0 Å². The van der Waals surface area contributed by atoms with Crippen LogP contribution in [0.4, 0.5) is 5.69 Å². The van der Waals surface area contributed by atoms with Crippen LogP contribution in [0.3, 0.4) is 0 Å². The first kappa shape index (κ1) is 26.5.